The first kappa shape index (κ1) is 22.3. The second kappa shape index (κ2) is 9.68. The van der Waals surface area contributed by atoms with Crippen molar-refractivity contribution in [1.29, 1.82) is 0 Å². The number of aryl methyl sites for hydroxylation is 2. The predicted octanol–water partition coefficient (Wildman–Crippen LogP) is 3.73. The van der Waals surface area contributed by atoms with E-state index in [4.69, 9.17) is 4.74 Å². The summed E-state index contributed by atoms with van der Waals surface area (Å²) in [5.41, 5.74) is 8.81. The maximum atomic E-state index is 13.3. The summed E-state index contributed by atoms with van der Waals surface area (Å²) in [6, 6.07) is 18.3. The van der Waals surface area contributed by atoms with Crippen LogP contribution in [-0.4, -0.2) is 28.9 Å². The molecule has 2 N–H and O–H groups in total. The molecule has 0 bridgehead atoms. The maximum absolute atomic E-state index is 13.3. The minimum absolute atomic E-state index is 0.0244. The van der Waals surface area contributed by atoms with Crippen LogP contribution in [0.4, 0.5) is 11.6 Å². The van der Waals surface area contributed by atoms with Gasteiger partial charge in [0.1, 0.15) is 5.75 Å². The molecule has 0 aliphatic carbocycles. The van der Waals surface area contributed by atoms with Gasteiger partial charge in [-0.05, 0) is 56.2 Å². The van der Waals surface area contributed by atoms with Gasteiger partial charge in [-0.15, -0.1) is 0 Å². The molecule has 4 rings (SSSR count). The summed E-state index contributed by atoms with van der Waals surface area (Å²) in [7, 11) is 1.60. The Labute approximate surface area is 193 Å². The molecule has 1 aliphatic heterocycles. The van der Waals surface area contributed by atoms with Crippen molar-refractivity contribution in [1.82, 2.24) is 15.4 Å². The van der Waals surface area contributed by atoms with Crippen LogP contribution in [0.5, 0.6) is 5.75 Å². The number of carbonyl (C=O) groups is 2. The number of aromatic nitrogens is 2. The van der Waals surface area contributed by atoms with Gasteiger partial charge in [0.05, 0.1) is 19.1 Å². The molecule has 2 aromatic carbocycles. The molecule has 1 aromatic heterocycles. The molecule has 3 aromatic rings. The van der Waals surface area contributed by atoms with Crippen molar-refractivity contribution in [2.24, 2.45) is 5.92 Å². The molecule has 0 unspecified atom stereocenters. The number of hydrogen-bond donors (Lipinski definition) is 2. The Balaban J connectivity index is 1.63. The summed E-state index contributed by atoms with van der Waals surface area (Å²) in [6.45, 7) is 3.74. The molecule has 0 radical (unpaired) electrons. The highest BCUT2D eigenvalue weighted by Gasteiger charge is 2.41. The van der Waals surface area contributed by atoms with Gasteiger partial charge >= 0.3 is 0 Å². The zero-order valence-corrected chi connectivity index (χ0v) is 18.9. The van der Waals surface area contributed by atoms with E-state index in [0.717, 1.165) is 22.6 Å². The van der Waals surface area contributed by atoms with Gasteiger partial charge in [0.25, 0.3) is 0 Å². The Morgan fingerprint density at radius 3 is 2.33 bits per heavy atom. The number of amides is 2. The molecule has 8 heteroatoms. The minimum Gasteiger partial charge on any atom is -0.497 e. The highest BCUT2D eigenvalue weighted by molar-refractivity contribution is 5.97. The Bertz CT molecular complexity index is 1110. The summed E-state index contributed by atoms with van der Waals surface area (Å²) in [5, 5.41) is 0. The lowest BCUT2D eigenvalue weighted by Gasteiger charge is -2.40. The van der Waals surface area contributed by atoms with Crippen LogP contribution < -0.4 is 20.5 Å². The first-order valence-electron chi connectivity index (χ1n) is 10.9. The average Bonchev–Trinajstić information content (AvgIpc) is 2.82. The highest BCUT2D eigenvalue weighted by Crippen LogP contribution is 2.40. The summed E-state index contributed by atoms with van der Waals surface area (Å²) in [4.78, 5) is 36.7. The molecule has 8 nitrogen and oxygen atoms in total. The molecule has 0 spiro atoms. The summed E-state index contributed by atoms with van der Waals surface area (Å²) in [5.74, 6) is 0.314. The summed E-state index contributed by atoms with van der Waals surface area (Å²) < 4.78 is 5.26. The van der Waals surface area contributed by atoms with E-state index in [9.17, 15) is 9.59 Å². The fraction of sp³-hybridized carbons (Fsp3) is 0.280. The number of hydrazine groups is 1. The van der Waals surface area contributed by atoms with Crippen LogP contribution in [0.25, 0.3) is 0 Å². The maximum Gasteiger partial charge on any atom is 0.243 e. The molecule has 2 heterocycles. The number of carbonyl (C=O) groups excluding carboxylic acids is 2. The first-order chi connectivity index (χ1) is 16.0. The smallest absolute Gasteiger partial charge is 0.243 e. The monoisotopic (exact) mass is 445 g/mol. The average molecular weight is 446 g/mol. The normalized spacial score (nSPS) is 18.0. The molecule has 1 aliphatic rings. The van der Waals surface area contributed by atoms with Crippen molar-refractivity contribution in [2.45, 2.75) is 32.7 Å². The van der Waals surface area contributed by atoms with E-state index in [0.29, 0.717) is 18.1 Å². The Kier molecular flexibility index (Phi) is 6.53. The van der Waals surface area contributed by atoms with Gasteiger partial charge in [-0.25, -0.2) is 9.97 Å². The quantitative estimate of drug-likeness (QED) is 0.561. The second-order valence-corrected chi connectivity index (χ2v) is 8.05. The van der Waals surface area contributed by atoms with E-state index in [-0.39, 0.29) is 18.2 Å². The number of piperidine rings is 1. The Hall–Kier alpha value is -3.94. The number of anilines is 2. The summed E-state index contributed by atoms with van der Waals surface area (Å²) in [6.07, 6.45) is 0.708. The molecule has 1 saturated heterocycles. The number of ether oxygens (including phenoxy) is 1. The van der Waals surface area contributed by atoms with Crippen LogP contribution in [0.1, 0.15) is 35.8 Å². The second-order valence-electron chi connectivity index (χ2n) is 8.05. The van der Waals surface area contributed by atoms with E-state index in [2.05, 4.69) is 20.8 Å². The Morgan fingerprint density at radius 1 is 1.03 bits per heavy atom. The summed E-state index contributed by atoms with van der Waals surface area (Å²) >= 11 is 0. The fourth-order valence-corrected chi connectivity index (χ4v) is 4.24. The molecule has 170 valence electrons. The lowest BCUT2D eigenvalue weighted by Crippen LogP contribution is -2.49. The minimum atomic E-state index is -0.467. The van der Waals surface area contributed by atoms with Crippen LogP contribution in [-0.2, 0) is 9.59 Å². The first-order valence-corrected chi connectivity index (χ1v) is 10.9. The van der Waals surface area contributed by atoms with Crippen LogP contribution in [0.2, 0.25) is 0 Å². The van der Waals surface area contributed by atoms with E-state index in [1.807, 2.05) is 74.5 Å². The van der Waals surface area contributed by atoms with Crippen LogP contribution in [0.15, 0.2) is 60.7 Å². The largest absolute Gasteiger partial charge is 0.497 e. The van der Waals surface area contributed by atoms with Crippen LogP contribution >= 0.6 is 0 Å². The number of methoxy groups -OCH3 is 1. The molecule has 33 heavy (non-hydrogen) atoms. The van der Waals surface area contributed by atoms with E-state index >= 15 is 0 Å². The van der Waals surface area contributed by atoms with Gasteiger partial charge in [-0.3, -0.25) is 20.4 Å². The number of benzene rings is 2. The van der Waals surface area contributed by atoms with Crippen LogP contribution in [0.3, 0.4) is 0 Å². The Morgan fingerprint density at radius 2 is 1.70 bits per heavy atom. The van der Waals surface area contributed by atoms with Crippen molar-refractivity contribution >= 4 is 23.5 Å². The van der Waals surface area contributed by atoms with Crippen molar-refractivity contribution in [2.75, 3.05) is 17.4 Å². The lowest BCUT2D eigenvalue weighted by atomic mass is 9.83. The van der Waals surface area contributed by atoms with E-state index < -0.39 is 12.0 Å². The van der Waals surface area contributed by atoms with Crippen LogP contribution in [0, 0.1) is 19.8 Å². The zero-order valence-electron chi connectivity index (χ0n) is 18.9. The van der Waals surface area contributed by atoms with Crippen molar-refractivity contribution in [3.63, 3.8) is 0 Å². The van der Waals surface area contributed by atoms with Gasteiger partial charge in [0.2, 0.25) is 17.8 Å². The predicted molar refractivity (Wildman–Crippen MR) is 126 cm³/mol. The van der Waals surface area contributed by atoms with Gasteiger partial charge in [0, 0.05) is 23.5 Å². The molecule has 0 saturated carbocycles. The molecule has 2 atom stereocenters. The number of hydrogen-bond acceptors (Lipinski definition) is 6. The highest BCUT2D eigenvalue weighted by atomic mass is 16.5. The van der Waals surface area contributed by atoms with Crippen molar-refractivity contribution in [3.05, 3.63) is 77.6 Å². The van der Waals surface area contributed by atoms with Crippen molar-refractivity contribution < 1.29 is 14.3 Å². The van der Waals surface area contributed by atoms with Gasteiger partial charge in [-0.1, -0.05) is 30.3 Å². The third-order valence-electron chi connectivity index (χ3n) is 5.71. The van der Waals surface area contributed by atoms with E-state index in [1.54, 1.807) is 12.0 Å². The fourth-order valence-electron chi connectivity index (χ4n) is 4.24. The SMILES string of the molecule is COc1ccc(N2C(=O)CC[C@H](C(=O)NNc3nc(C)cc(C)n3)[C@H]2c2ccccc2)cc1. The topological polar surface area (TPSA) is 96.5 Å². The van der Waals surface area contributed by atoms with Gasteiger partial charge < -0.3 is 9.64 Å². The molecular weight excluding hydrogens is 418 g/mol. The van der Waals surface area contributed by atoms with Gasteiger partial charge in [-0.2, -0.15) is 0 Å². The zero-order chi connectivity index (χ0) is 23.4. The van der Waals surface area contributed by atoms with E-state index in [1.165, 1.54) is 0 Å². The lowest BCUT2D eigenvalue weighted by molar-refractivity contribution is -0.129. The molecule has 1 fully saturated rings. The molecular formula is C25H27N5O3. The number of rotatable bonds is 6. The standard InChI is InChI=1S/C25H27N5O3/c1-16-15-17(2)27-25(26-16)29-28-24(32)21-13-14-22(31)30(19-9-11-20(33-3)12-10-19)23(21)18-7-5-4-6-8-18/h4-12,15,21,23H,13-14H2,1-3H3,(H,28,32)(H,26,27,29)/t21-,23+/m0/s1. The number of nitrogens with zero attached hydrogens (tertiary/aromatic N) is 3. The third kappa shape index (κ3) is 4.95. The number of nitrogens with one attached hydrogen (secondary N) is 2. The molecule has 2 amide bonds. The third-order valence-corrected chi connectivity index (χ3v) is 5.71. The van der Waals surface area contributed by atoms with Crippen molar-refractivity contribution in [3.8, 4) is 5.75 Å². The van der Waals surface area contributed by atoms with Gasteiger partial charge in [0.15, 0.2) is 0 Å².